The van der Waals surface area contributed by atoms with Crippen molar-refractivity contribution >= 4 is 41.7 Å². The standard InChI is InChI=1S/C19H30N4O3.HI/c1-19(2,3)26-18(24)23-16(13-9-10-13)11-21-17(20)22-15-8-6-5-7-14(15)12-25-4;/h5-8,13,16H,9-12H2,1-4H3,(H,23,24)(H3,20,21,22);1H. The molecule has 0 heterocycles. The molecular formula is C19H31IN4O3. The number of hydrogen-bond acceptors (Lipinski definition) is 4. The van der Waals surface area contributed by atoms with Crippen LogP contribution in [0.1, 0.15) is 39.2 Å². The number of ether oxygens (including phenoxy) is 2. The number of halogens is 1. The van der Waals surface area contributed by atoms with Gasteiger partial charge in [0.25, 0.3) is 0 Å². The lowest BCUT2D eigenvalue weighted by atomic mass is 10.2. The molecule has 27 heavy (non-hydrogen) atoms. The van der Waals surface area contributed by atoms with Crippen molar-refractivity contribution in [2.24, 2.45) is 16.6 Å². The number of nitrogens with zero attached hydrogens (tertiary/aromatic N) is 1. The monoisotopic (exact) mass is 490 g/mol. The van der Waals surface area contributed by atoms with Crippen LogP contribution in [0, 0.1) is 5.92 Å². The molecule has 1 fully saturated rings. The Labute approximate surface area is 178 Å². The smallest absolute Gasteiger partial charge is 0.407 e. The summed E-state index contributed by atoms with van der Waals surface area (Å²) in [6, 6.07) is 7.69. The SMILES string of the molecule is COCc1ccccc1NC(N)=NCC(NC(=O)OC(C)(C)C)C1CC1.I. The van der Waals surface area contributed by atoms with Gasteiger partial charge >= 0.3 is 6.09 Å². The van der Waals surface area contributed by atoms with Crippen molar-refractivity contribution in [2.75, 3.05) is 19.0 Å². The minimum Gasteiger partial charge on any atom is -0.444 e. The average molecular weight is 490 g/mol. The fourth-order valence-corrected chi connectivity index (χ4v) is 2.57. The topological polar surface area (TPSA) is 98.0 Å². The number of rotatable bonds is 7. The van der Waals surface area contributed by atoms with E-state index in [0.29, 0.717) is 25.0 Å². The minimum atomic E-state index is -0.521. The minimum absolute atomic E-state index is 0. The summed E-state index contributed by atoms with van der Waals surface area (Å²) < 4.78 is 10.5. The number of benzene rings is 1. The average Bonchev–Trinajstić information content (AvgIpc) is 3.36. The molecule has 1 amide bonds. The zero-order valence-electron chi connectivity index (χ0n) is 16.5. The van der Waals surface area contributed by atoms with E-state index in [1.54, 1.807) is 7.11 Å². The van der Waals surface area contributed by atoms with Gasteiger partial charge < -0.3 is 25.8 Å². The molecule has 1 aromatic rings. The highest BCUT2D eigenvalue weighted by Crippen LogP contribution is 2.33. The number of methoxy groups -OCH3 is 1. The van der Waals surface area contributed by atoms with E-state index in [1.165, 1.54) is 0 Å². The Hall–Kier alpha value is -1.55. The molecule has 0 saturated heterocycles. The quantitative estimate of drug-likeness (QED) is 0.309. The van der Waals surface area contributed by atoms with E-state index in [4.69, 9.17) is 15.2 Å². The predicted octanol–water partition coefficient (Wildman–Crippen LogP) is 3.48. The van der Waals surface area contributed by atoms with E-state index in [2.05, 4.69) is 15.6 Å². The van der Waals surface area contributed by atoms with Crippen LogP contribution in [0.15, 0.2) is 29.3 Å². The van der Waals surface area contributed by atoms with Crippen molar-refractivity contribution in [3.63, 3.8) is 0 Å². The lowest BCUT2D eigenvalue weighted by molar-refractivity contribution is 0.0500. The molecule has 1 aliphatic carbocycles. The third-order valence-corrected chi connectivity index (χ3v) is 3.93. The Morgan fingerprint density at radius 3 is 2.59 bits per heavy atom. The largest absolute Gasteiger partial charge is 0.444 e. The normalized spacial score (nSPS) is 15.5. The zero-order valence-corrected chi connectivity index (χ0v) is 18.8. The van der Waals surface area contributed by atoms with Crippen molar-refractivity contribution in [1.82, 2.24) is 5.32 Å². The van der Waals surface area contributed by atoms with Gasteiger partial charge in [0.05, 0.1) is 19.2 Å². The molecule has 0 aromatic heterocycles. The van der Waals surface area contributed by atoms with Gasteiger partial charge in [-0.15, -0.1) is 24.0 Å². The molecule has 0 radical (unpaired) electrons. The van der Waals surface area contributed by atoms with E-state index in [-0.39, 0.29) is 30.0 Å². The number of aliphatic imine (C=N–C) groups is 1. The van der Waals surface area contributed by atoms with Crippen LogP contribution in [-0.4, -0.2) is 37.4 Å². The Balaban J connectivity index is 0.00000364. The van der Waals surface area contributed by atoms with Crippen LogP contribution in [0.25, 0.3) is 0 Å². The maximum Gasteiger partial charge on any atom is 0.407 e. The van der Waals surface area contributed by atoms with Gasteiger partial charge in [-0.2, -0.15) is 0 Å². The van der Waals surface area contributed by atoms with E-state index in [9.17, 15) is 4.79 Å². The lowest BCUT2D eigenvalue weighted by Gasteiger charge is -2.23. The zero-order chi connectivity index (χ0) is 19.2. The molecule has 1 aromatic carbocycles. The Morgan fingerprint density at radius 2 is 2.00 bits per heavy atom. The van der Waals surface area contributed by atoms with Crippen LogP contribution in [-0.2, 0) is 16.1 Å². The molecule has 7 nitrogen and oxygen atoms in total. The van der Waals surface area contributed by atoms with Crippen molar-refractivity contribution in [3.8, 4) is 0 Å². The number of nitrogens with two attached hydrogens (primary N) is 1. The van der Waals surface area contributed by atoms with E-state index < -0.39 is 11.7 Å². The highest BCUT2D eigenvalue weighted by Gasteiger charge is 2.33. The molecule has 0 spiro atoms. The van der Waals surface area contributed by atoms with Crippen LogP contribution in [0.2, 0.25) is 0 Å². The molecule has 1 saturated carbocycles. The predicted molar refractivity (Wildman–Crippen MR) is 119 cm³/mol. The Bertz CT molecular complexity index is 642. The van der Waals surface area contributed by atoms with Crippen LogP contribution < -0.4 is 16.4 Å². The number of carbonyl (C=O) groups is 1. The number of para-hydroxylation sites is 1. The Kier molecular flexibility index (Phi) is 9.31. The van der Waals surface area contributed by atoms with Gasteiger partial charge in [-0.3, -0.25) is 4.99 Å². The number of anilines is 1. The van der Waals surface area contributed by atoms with Crippen molar-refractivity contribution < 1.29 is 14.3 Å². The first-order valence-electron chi connectivity index (χ1n) is 8.92. The molecule has 1 unspecified atom stereocenters. The van der Waals surface area contributed by atoms with E-state index >= 15 is 0 Å². The number of amides is 1. The second-order valence-electron chi connectivity index (χ2n) is 7.53. The Morgan fingerprint density at radius 1 is 1.33 bits per heavy atom. The fraction of sp³-hybridized carbons (Fsp3) is 0.579. The molecule has 0 bridgehead atoms. The molecular weight excluding hydrogens is 459 g/mol. The van der Waals surface area contributed by atoms with Crippen LogP contribution in [0.3, 0.4) is 0 Å². The third kappa shape index (κ3) is 8.79. The number of alkyl carbamates (subject to hydrolysis) is 1. The van der Waals surface area contributed by atoms with Crippen LogP contribution >= 0.6 is 24.0 Å². The summed E-state index contributed by atoms with van der Waals surface area (Å²) in [6.45, 7) is 6.43. The first-order valence-corrected chi connectivity index (χ1v) is 8.92. The molecule has 1 atom stereocenters. The molecule has 152 valence electrons. The lowest BCUT2D eigenvalue weighted by Crippen LogP contribution is -2.42. The van der Waals surface area contributed by atoms with Gasteiger partial charge in [-0.05, 0) is 45.6 Å². The molecule has 8 heteroatoms. The number of guanidine groups is 1. The van der Waals surface area contributed by atoms with Crippen LogP contribution in [0.4, 0.5) is 10.5 Å². The summed E-state index contributed by atoms with van der Waals surface area (Å²) in [4.78, 5) is 16.4. The number of carbonyl (C=O) groups excluding carboxylic acids is 1. The number of hydrogen-bond donors (Lipinski definition) is 3. The fourth-order valence-electron chi connectivity index (χ4n) is 2.57. The summed E-state index contributed by atoms with van der Waals surface area (Å²) in [5, 5.41) is 6.02. The second-order valence-corrected chi connectivity index (χ2v) is 7.53. The molecule has 4 N–H and O–H groups in total. The maximum atomic E-state index is 12.0. The van der Waals surface area contributed by atoms with Crippen molar-refractivity contribution in [1.29, 1.82) is 0 Å². The number of nitrogens with one attached hydrogen (secondary N) is 2. The maximum absolute atomic E-state index is 12.0. The summed E-state index contributed by atoms with van der Waals surface area (Å²) in [5.74, 6) is 0.741. The highest BCUT2D eigenvalue weighted by atomic mass is 127. The first kappa shape index (κ1) is 23.5. The summed E-state index contributed by atoms with van der Waals surface area (Å²) in [5.41, 5.74) is 7.36. The third-order valence-electron chi connectivity index (χ3n) is 3.93. The van der Waals surface area contributed by atoms with Gasteiger partial charge in [0.2, 0.25) is 0 Å². The second kappa shape index (κ2) is 10.7. The van der Waals surface area contributed by atoms with Crippen molar-refractivity contribution in [2.45, 2.75) is 51.9 Å². The van der Waals surface area contributed by atoms with Gasteiger partial charge in [0.15, 0.2) is 5.96 Å². The summed E-state index contributed by atoms with van der Waals surface area (Å²) in [6.07, 6.45) is 1.75. The van der Waals surface area contributed by atoms with Gasteiger partial charge in [-0.25, -0.2) is 4.79 Å². The van der Waals surface area contributed by atoms with Gasteiger partial charge in [0.1, 0.15) is 5.60 Å². The van der Waals surface area contributed by atoms with E-state index in [0.717, 1.165) is 24.1 Å². The first-order chi connectivity index (χ1) is 12.3. The summed E-state index contributed by atoms with van der Waals surface area (Å²) in [7, 11) is 1.65. The van der Waals surface area contributed by atoms with Crippen molar-refractivity contribution in [3.05, 3.63) is 29.8 Å². The highest BCUT2D eigenvalue weighted by molar-refractivity contribution is 14.0. The molecule has 1 aliphatic rings. The molecule has 0 aliphatic heterocycles. The summed E-state index contributed by atoms with van der Waals surface area (Å²) >= 11 is 0. The van der Waals surface area contributed by atoms with E-state index in [1.807, 2.05) is 45.0 Å². The van der Waals surface area contributed by atoms with Gasteiger partial charge in [-0.1, -0.05) is 18.2 Å². The molecule has 2 rings (SSSR count). The van der Waals surface area contributed by atoms with Crippen LogP contribution in [0.5, 0.6) is 0 Å². The van der Waals surface area contributed by atoms with Gasteiger partial charge in [0, 0.05) is 18.4 Å².